The lowest BCUT2D eigenvalue weighted by molar-refractivity contribution is -0.132. The first-order chi connectivity index (χ1) is 13.1. The van der Waals surface area contributed by atoms with E-state index in [-0.39, 0.29) is 17.4 Å². The summed E-state index contributed by atoms with van der Waals surface area (Å²) in [7, 11) is 0. The molecule has 3 rings (SSSR count). The number of rotatable bonds is 4. The molecule has 2 heterocycles. The Balaban J connectivity index is 1.54. The van der Waals surface area contributed by atoms with Gasteiger partial charge < -0.3 is 15.1 Å². The highest BCUT2D eigenvalue weighted by molar-refractivity contribution is 5.94. The third-order valence-electron chi connectivity index (χ3n) is 5.88. The molecule has 5 nitrogen and oxygen atoms in total. The molecule has 0 aromatic heterocycles. The summed E-state index contributed by atoms with van der Waals surface area (Å²) < 4.78 is 13.9. The van der Waals surface area contributed by atoms with E-state index in [1.165, 1.54) is 25.0 Å². The summed E-state index contributed by atoms with van der Waals surface area (Å²) in [6, 6.07) is 6.08. The van der Waals surface area contributed by atoms with E-state index in [2.05, 4.69) is 12.2 Å². The predicted molar refractivity (Wildman–Crippen MR) is 103 cm³/mol. The Morgan fingerprint density at radius 2 is 1.89 bits per heavy atom. The summed E-state index contributed by atoms with van der Waals surface area (Å²) in [6.07, 6.45) is 3.66. The third-order valence-corrected chi connectivity index (χ3v) is 5.88. The number of nitrogens with one attached hydrogen (secondary N) is 1. The second-order valence-electron chi connectivity index (χ2n) is 7.79. The Labute approximate surface area is 160 Å². The maximum Gasteiger partial charge on any atom is 0.256 e. The number of amides is 2. The zero-order valence-electron chi connectivity index (χ0n) is 16.1. The van der Waals surface area contributed by atoms with Crippen molar-refractivity contribution in [2.24, 2.45) is 11.8 Å². The van der Waals surface area contributed by atoms with Crippen molar-refractivity contribution in [2.45, 2.75) is 32.6 Å². The first-order valence-electron chi connectivity index (χ1n) is 10.1. The minimum absolute atomic E-state index is 0.107. The highest BCUT2D eigenvalue weighted by atomic mass is 19.1. The minimum atomic E-state index is -0.491. The fourth-order valence-electron chi connectivity index (χ4n) is 4.11. The second-order valence-corrected chi connectivity index (χ2v) is 7.79. The van der Waals surface area contributed by atoms with E-state index in [9.17, 15) is 14.0 Å². The topological polar surface area (TPSA) is 52.7 Å². The van der Waals surface area contributed by atoms with Crippen LogP contribution >= 0.6 is 0 Å². The third kappa shape index (κ3) is 5.06. The lowest BCUT2D eigenvalue weighted by Crippen LogP contribution is -2.39. The standard InChI is InChI=1S/C21H30FN3O2/c1-16(17-6-4-9-23-15-17)14-20(26)24-10-5-11-25(13-12-24)21(27)18-7-2-3-8-19(18)22/h2-3,7-8,16-17,23H,4-6,9-15H2,1H3. The summed E-state index contributed by atoms with van der Waals surface area (Å²) >= 11 is 0. The van der Waals surface area contributed by atoms with Crippen molar-refractivity contribution in [1.82, 2.24) is 15.1 Å². The van der Waals surface area contributed by atoms with Crippen molar-refractivity contribution < 1.29 is 14.0 Å². The number of nitrogens with zero attached hydrogens (tertiary/aromatic N) is 2. The molecule has 1 N–H and O–H groups in total. The zero-order valence-corrected chi connectivity index (χ0v) is 16.1. The van der Waals surface area contributed by atoms with Gasteiger partial charge >= 0.3 is 0 Å². The Kier molecular flexibility index (Phi) is 6.83. The van der Waals surface area contributed by atoms with Crippen LogP contribution in [0.15, 0.2) is 24.3 Å². The molecule has 2 unspecified atom stereocenters. The minimum Gasteiger partial charge on any atom is -0.341 e. The van der Waals surface area contributed by atoms with E-state index in [1.807, 2.05) is 4.90 Å². The van der Waals surface area contributed by atoms with Crippen molar-refractivity contribution in [3.05, 3.63) is 35.6 Å². The smallest absolute Gasteiger partial charge is 0.256 e. The van der Waals surface area contributed by atoms with Gasteiger partial charge in [-0.1, -0.05) is 19.1 Å². The van der Waals surface area contributed by atoms with E-state index >= 15 is 0 Å². The molecule has 27 heavy (non-hydrogen) atoms. The van der Waals surface area contributed by atoms with Crippen molar-refractivity contribution in [2.75, 3.05) is 39.3 Å². The van der Waals surface area contributed by atoms with Gasteiger partial charge in [0.2, 0.25) is 5.91 Å². The molecule has 2 saturated heterocycles. The molecule has 0 aliphatic carbocycles. The first-order valence-corrected chi connectivity index (χ1v) is 10.1. The largest absolute Gasteiger partial charge is 0.341 e. The lowest BCUT2D eigenvalue weighted by atomic mass is 9.85. The molecule has 0 radical (unpaired) electrons. The van der Waals surface area contributed by atoms with Crippen molar-refractivity contribution in [1.29, 1.82) is 0 Å². The van der Waals surface area contributed by atoms with Crippen LogP contribution in [0, 0.1) is 17.7 Å². The molecule has 2 aliphatic rings. The van der Waals surface area contributed by atoms with Crippen LogP contribution in [0.2, 0.25) is 0 Å². The van der Waals surface area contributed by atoms with Crippen LogP contribution in [0.1, 0.15) is 43.0 Å². The van der Waals surface area contributed by atoms with Crippen LogP contribution in [0.25, 0.3) is 0 Å². The first kappa shape index (κ1) is 19.8. The molecule has 2 atom stereocenters. The normalized spacial score (nSPS) is 22.2. The Hall–Kier alpha value is -1.95. The summed E-state index contributed by atoms with van der Waals surface area (Å²) in [5.74, 6) is 0.324. The second kappa shape index (κ2) is 9.31. The fourth-order valence-corrected chi connectivity index (χ4v) is 4.11. The van der Waals surface area contributed by atoms with E-state index in [0.29, 0.717) is 44.4 Å². The quantitative estimate of drug-likeness (QED) is 0.880. The summed E-state index contributed by atoms with van der Waals surface area (Å²) in [4.78, 5) is 28.9. The molecule has 2 fully saturated rings. The Bertz CT molecular complexity index is 661. The number of piperidine rings is 1. The monoisotopic (exact) mass is 375 g/mol. The van der Waals surface area contributed by atoms with E-state index in [0.717, 1.165) is 19.5 Å². The molecule has 2 aliphatic heterocycles. The molecular weight excluding hydrogens is 345 g/mol. The average molecular weight is 375 g/mol. The SMILES string of the molecule is CC(CC(=O)N1CCCN(C(=O)c2ccccc2F)CC1)C1CCCNC1. The van der Waals surface area contributed by atoms with Gasteiger partial charge in [-0.05, 0) is 56.3 Å². The van der Waals surface area contributed by atoms with Crippen LogP contribution < -0.4 is 5.32 Å². The molecule has 1 aromatic rings. The van der Waals surface area contributed by atoms with Gasteiger partial charge in [0, 0.05) is 32.6 Å². The lowest BCUT2D eigenvalue weighted by Gasteiger charge is -2.30. The van der Waals surface area contributed by atoms with Gasteiger partial charge in [-0.3, -0.25) is 9.59 Å². The van der Waals surface area contributed by atoms with E-state index in [1.54, 1.807) is 17.0 Å². The van der Waals surface area contributed by atoms with Crippen LogP contribution in [-0.4, -0.2) is 60.9 Å². The van der Waals surface area contributed by atoms with Crippen molar-refractivity contribution in [3.63, 3.8) is 0 Å². The number of hydrogen-bond donors (Lipinski definition) is 1. The molecule has 6 heteroatoms. The molecule has 0 bridgehead atoms. The van der Waals surface area contributed by atoms with Crippen LogP contribution in [-0.2, 0) is 4.79 Å². The Morgan fingerprint density at radius 3 is 2.63 bits per heavy atom. The number of hydrogen-bond acceptors (Lipinski definition) is 3. The molecule has 148 valence electrons. The van der Waals surface area contributed by atoms with E-state index in [4.69, 9.17) is 0 Å². The van der Waals surface area contributed by atoms with Gasteiger partial charge in [0.1, 0.15) is 5.82 Å². The van der Waals surface area contributed by atoms with E-state index < -0.39 is 5.82 Å². The van der Waals surface area contributed by atoms with Crippen LogP contribution in [0.4, 0.5) is 4.39 Å². The van der Waals surface area contributed by atoms with Gasteiger partial charge in [0.25, 0.3) is 5.91 Å². The highest BCUT2D eigenvalue weighted by Crippen LogP contribution is 2.23. The predicted octanol–water partition coefficient (Wildman–Crippen LogP) is 2.53. The van der Waals surface area contributed by atoms with Gasteiger partial charge in [-0.25, -0.2) is 4.39 Å². The Morgan fingerprint density at radius 1 is 1.15 bits per heavy atom. The molecule has 0 spiro atoms. The van der Waals surface area contributed by atoms with Gasteiger partial charge in [0.15, 0.2) is 0 Å². The summed E-state index contributed by atoms with van der Waals surface area (Å²) in [5, 5.41) is 3.42. The van der Waals surface area contributed by atoms with Crippen LogP contribution in [0.5, 0.6) is 0 Å². The number of carbonyl (C=O) groups excluding carboxylic acids is 2. The number of halogens is 1. The van der Waals surface area contributed by atoms with Crippen LogP contribution in [0.3, 0.4) is 0 Å². The summed E-state index contributed by atoms with van der Waals surface area (Å²) in [6.45, 7) is 6.44. The van der Waals surface area contributed by atoms with Crippen molar-refractivity contribution >= 4 is 11.8 Å². The zero-order chi connectivity index (χ0) is 19.2. The van der Waals surface area contributed by atoms with Crippen molar-refractivity contribution in [3.8, 4) is 0 Å². The highest BCUT2D eigenvalue weighted by Gasteiger charge is 2.27. The van der Waals surface area contributed by atoms with Gasteiger partial charge in [-0.2, -0.15) is 0 Å². The summed E-state index contributed by atoms with van der Waals surface area (Å²) in [5.41, 5.74) is 0.107. The van der Waals surface area contributed by atoms with Gasteiger partial charge in [-0.15, -0.1) is 0 Å². The van der Waals surface area contributed by atoms with Gasteiger partial charge in [0.05, 0.1) is 5.56 Å². The number of carbonyl (C=O) groups is 2. The molecule has 1 aromatic carbocycles. The average Bonchev–Trinajstić information content (AvgIpc) is 2.95. The maximum atomic E-state index is 13.9. The maximum absolute atomic E-state index is 13.9. The molecule has 2 amide bonds. The number of benzene rings is 1. The molecular formula is C21H30FN3O2. The fraction of sp³-hybridized carbons (Fsp3) is 0.619. The molecule has 0 saturated carbocycles.